The Labute approximate surface area is 129 Å². The third kappa shape index (κ3) is 2.58. The normalized spacial score (nSPS) is 20.2. The van der Waals surface area contributed by atoms with Gasteiger partial charge in [0.05, 0.1) is 6.04 Å². The van der Waals surface area contributed by atoms with E-state index in [1.807, 2.05) is 23.9 Å². The predicted octanol–water partition coefficient (Wildman–Crippen LogP) is 2.80. The van der Waals surface area contributed by atoms with Crippen molar-refractivity contribution in [1.82, 2.24) is 24.6 Å². The van der Waals surface area contributed by atoms with Crippen LogP contribution in [0.5, 0.6) is 0 Å². The number of carbonyl (C=O) groups excluding carboxylic acids is 1. The number of carbonyl (C=O) groups is 1. The van der Waals surface area contributed by atoms with Crippen molar-refractivity contribution in [2.45, 2.75) is 52.2 Å². The highest BCUT2D eigenvalue weighted by atomic mass is 16.2. The molecule has 0 saturated heterocycles. The van der Waals surface area contributed by atoms with Crippen molar-refractivity contribution in [3.63, 3.8) is 0 Å². The van der Waals surface area contributed by atoms with E-state index in [0.717, 1.165) is 17.9 Å². The summed E-state index contributed by atoms with van der Waals surface area (Å²) in [4.78, 5) is 16.5. The van der Waals surface area contributed by atoms with E-state index in [0.29, 0.717) is 11.9 Å². The van der Waals surface area contributed by atoms with Gasteiger partial charge in [-0.2, -0.15) is 5.10 Å². The molecule has 2 aromatic heterocycles. The Bertz CT molecular complexity index is 686. The van der Waals surface area contributed by atoms with Crippen molar-refractivity contribution >= 4 is 11.8 Å². The molecule has 0 saturated carbocycles. The monoisotopic (exact) mass is 302 g/mol. The first-order chi connectivity index (χ1) is 10.5. The van der Waals surface area contributed by atoms with Crippen LogP contribution in [0, 0.1) is 6.92 Å². The maximum atomic E-state index is 12.2. The van der Waals surface area contributed by atoms with Gasteiger partial charge in [-0.3, -0.25) is 10.00 Å². The molecule has 0 radical (unpaired) electrons. The number of rotatable bonds is 3. The minimum absolute atomic E-state index is 0.0571. The molecule has 0 fully saturated rings. The van der Waals surface area contributed by atoms with Crippen LogP contribution in [-0.2, 0) is 0 Å². The molecular weight excluding hydrogens is 280 g/mol. The van der Waals surface area contributed by atoms with E-state index in [-0.39, 0.29) is 18.1 Å². The van der Waals surface area contributed by atoms with Crippen LogP contribution in [0.25, 0.3) is 0 Å². The molecule has 1 aliphatic rings. The van der Waals surface area contributed by atoms with Gasteiger partial charge in [0.15, 0.2) is 5.82 Å². The van der Waals surface area contributed by atoms with E-state index in [1.54, 1.807) is 6.20 Å². The molecule has 7 nitrogen and oxygen atoms in total. The maximum absolute atomic E-state index is 12.2. The van der Waals surface area contributed by atoms with Crippen LogP contribution < -0.4 is 10.6 Å². The lowest BCUT2D eigenvalue weighted by Crippen LogP contribution is -2.32. The summed E-state index contributed by atoms with van der Waals surface area (Å²) in [5.41, 5.74) is 1.02. The molecule has 118 valence electrons. The molecule has 2 atom stereocenters. The summed E-state index contributed by atoms with van der Waals surface area (Å²) in [6.45, 7) is 8.22. The Morgan fingerprint density at radius 3 is 2.91 bits per heavy atom. The Hall–Kier alpha value is -2.31. The van der Waals surface area contributed by atoms with Crippen molar-refractivity contribution in [2.24, 2.45) is 0 Å². The average molecular weight is 302 g/mol. The summed E-state index contributed by atoms with van der Waals surface area (Å²) in [6.07, 6.45) is 4.58. The van der Waals surface area contributed by atoms with Gasteiger partial charge >= 0.3 is 6.03 Å². The van der Waals surface area contributed by atoms with Crippen LogP contribution in [0.3, 0.4) is 0 Å². The molecule has 2 N–H and O–H groups in total. The first kappa shape index (κ1) is 14.6. The smallest absolute Gasteiger partial charge is 0.321 e. The summed E-state index contributed by atoms with van der Waals surface area (Å²) in [6, 6.07) is 2.19. The summed E-state index contributed by atoms with van der Waals surface area (Å²) in [5.74, 6) is 1.48. The lowest BCUT2D eigenvalue weighted by Gasteiger charge is -2.12. The van der Waals surface area contributed by atoms with E-state index in [1.165, 1.54) is 0 Å². The van der Waals surface area contributed by atoms with Crippen LogP contribution in [0.2, 0.25) is 0 Å². The maximum Gasteiger partial charge on any atom is 0.321 e. The van der Waals surface area contributed by atoms with Gasteiger partial charge in [0, 0.05) is 36.2 Å². The second-order valence-electron chi connectivity index (χ2n) is 6.14. The number of hydrogen-bond donors (Lipinski definition) is 2. The van der Waals surface area contributed by atoms with Crippen molar-refractivity contribution in [2.75, 3.05) is 5.32 Å². The standard InChI is InChI=1S/C15H22N6O/c1-9(2)21-11(4)8-13(19-21)18-15(22)17-12-7-10(3)20-6-5-16-14(12)20/h5-6,8-10,12H,7H2,1-4H3,(H2,17,18,19,22). The van der Waals surface area contributed by atoms with Crippen molar-refractivity contribution < 1.29 is 4.79 Å². The lowest BCUT2D eigenvalue weighted by atomic mass is 10.2. The van der Waals surface area contributed by atoms with Gasteiger partial charge < -0.3 is 9.88 Å². The highest BCUT2D eigenvalue weighted by Gasteiger charge is 2.30. The van der Waals surface area contributed by atoms with Gasteiger partial charge in [-0.1, -0.05) is 0 Å². The van der Waals surface area contributed by atoms with Crippen LogP contribution in [-0.4, -0.2) is 25.4 Å². The molecule has 0 bridgehead atoms. The third-order valence-electron chi connectivity index (χ3n) is 4.02. The summed E-state index contributed by atoms with van der Waals surface area (Å²) >= 11 is 0. The van der Waals surface area contributed by atoms with Gasteiger partial charge in [-0.05, 0) is 34.1 Å². The minimum Gasteiger partial charge on any atom is -0.330 e. The largest absolute Gasteiger partial charge is 0.330 e. The number of nitrogens with zero attached hydrogens (tertiary/aromatic N) is 4. The number of amides is 2. The molecule has 0 aromatic carbocycles. The third-order valence-corrected chi connectivity index (χ3v) is 4.02. The fourth-order valence-electron chi connectivity index (χ4n) is 3.03. The Kier molecular flexibility index (Phi) is 3.64. The first-order valence-corrected chi connectivity index (χ1v) is 7.62. The molecule has 2 amide bonds. The number of urea groups is 1. The molecule has 3 heterocycles. The number of nitrogens with one attached hydrogen (secondary N) is 2. The fraction of sp³-hybridized carbons (Fsp3) is 0.533. The van der Waals surface area contributed by atoms with Crippen molar-refractivity contribution in [1.29, 1.82) is 0 Å². The van der Waals surface area contributed by atoms with Crippen LogP contribution in [0.1, 0.15) is 56.8 Å². The zero-order chi connectivity index (χ0) is 15.9. The molecule has 22 heavy (non-hydrogen) atoms. The highest BCUT2D eigenvalue weighted by Crippen LogP contribution is 2.32. The second kappa shape index (κ2) is 5.47. The van der Waals surface area contributed by atoms with Gasteiger partial charge in [0.1, 0.15) is 5.82 Å². The van der Waals surface area contributed by atoms with Gasteiger partial charge in [-0.25, -0.2) is 9.78 Å². The molecule has 0 aliphatic carbocycles. The molecular formula is C15H22N6O. The summed E-state index contributed by atoms with van der Waals surface area (Å²) < 4.78 is 3.99. The van der Waals surface area contributed by atoms with E-state index in [4.69, 9.17) is 0 Å². The SMILES string of the molecule is Cc1cc(NC(=O)NC2CC(C)n3ccnc32)nn1C(C)C. The summed E-state index contributed by atoms with van der Waals surface area (Å²) in [5, 5.41) is 10.2. The quantitative estimate of drug-likeness (QED) is 0.915. The Morgan fingerprint density at radius 2 is 2.23 bits per heavy atom. The van der Waals surface area contributed by atoms with E-state index >= 15 is 0 Å². The fourth-order valence-corrected chi connectivity index (χ4v) is 3.03. The number of aromatic nitrogens is 4. The molecule has 1 aliphatic heterocycles. The minimum atomic E-state index is -0.248. The van der Waals surface area contributed by atoms with Crippen LogP contribution >= 0.6 is 0 Å². The molecule has 2 unspecified atom stereocenters. The lowest BCUT2D eigenvalue weighted by molar-refractivity contribution is 0.248. The van der Waals surface area contributed by atoms with Crippen molar-refractivity contribution in [3.05, 3.63) is 30.0 Å². The van der Waals surface area contributed by atoms with E-state index in [2.05, 4.69) is 46.1 Å². The van der Waals surface area contributed by atoms with Gasteiger partial charge in [0.25, 0.3) is 0 Å². The number of imidazole rings is 1. The molecule has 7 heteroatoms. The number of aryl methyl sites for hydroxylation is 1. The van der Waals surface area contributed by atoms with E-state index in [9.17, 15) is 4.79 Å². The average Bonchev–Trinajstić information content (AvgIpc) is 3.09. The molecule has 3 rings (SSSR count). The second-order valence-corrected chi connectivity index (χ2v) is 6.14. The van der Waals surface area contributed by atoms with Crippen LogP contribution in [0.4, 0.5) is 10.6 Å². The van der Waals surface area contributed by atoms with Gasteiger partial charge in [-0.15, -0.1) is 0 Å². The highest BCUT2D eigenvalue weighted by molar-refractivity contribution is 5.88. The van der Waals surface area contributed by atoms with Crippen LogP contribution in [0.15, 0.2) is 18.5 Å². The number of anilines is 1. The molecule has 2 aromatic rings. The van der Waals surface area contributed by atoms with E-state index < -0.39 is 0 Å². The predicted molar refractivity (Wildman–Crippen MR) is 83.8 cm³/mol. The number of fused-ring (bicyclic) bond motifs is 1. The zero-order valence-electron chi connectivity index (χ0n) is 13.4. The van der Waals surface area contributed by atoms with Crippen molar-refractivity contribution in [3.8, 4) is 0 Å². The molecule has 0 spiro atoms. The summed E-state index contributed by atoms with van der Waals surface area (Å²) in [7, 11) is 0. The number of hydrogen-bond acceptors (Lipinski definition) is 3. The first-order valence-electron chi connectivity index (χ1n) is 7.62. The Balaban J connectivity index is 1.66. The zero-order valence-corrected chi connectivity index (χ0v) is 13.4. The van der Waals surface area contributed by atoms with Gasteiger partial charge in [0.2, 0.25) is 0 Å². The topological polar surface area (TPSA) is 76.8 Å². The Morgan fingerprint density at radius 1 is 1.45 bits per heavy atom.